The van der Waals surface area contributed by atoms with Gasteiger partial charge >= 0.3 is 0 Å². The lowest BCUT2D eigenvalue weighted by Crippen LogP contribution is -2.30. The van der Waals surface area contributed by atoms with Crippen LogP contribution < -0.4 is 0 Å². The summed E-state index contributed by atoms with van der Waals surface area (Å²) in [5.41, 5.74) is 4.31. The van der Waals surface area contributed by atoms with E-state index in [-0.39, 0.29) is 5.91 Å². The number of aromatic nitrogens is 2. The highest BCUT2D eigenvalue weighted by Gasteiger charge is 2.14. The van der Waals surface area contributed by atoms with E-state index in [1.54, 1.807) is 4.90 Å². The Morgan fingerprint density at radius 1 is 1.09 bits per heavy atom. The molecule has 0 N–H and O–H groups in total. The van der Waals surface area contributed by atoms with Crippen molar-refractivity contribution in [1.29, 1.82) is 0 Å². The number of hydrogen-bond donors (Lipinski definition) is 0. The quantitative estimate of drug-likeness (QED) is 0.741. The van der Waals surface area contributed by atoms with Crippen molar-refractivity contribution in [2.45, 2.75) is 26.9 Å². The van der Waals surface area contributed by atoms with E-state index >= 15 is 0 Å². The molecule has 23 heavy (non-hydrogen) atoms. The summed E-state index contributed by atoms with van der Waals surface area (Å²) in [6.07, 6.45) is 0. The van der Waals surface area contributed by atoms with E-state index in [2.05, 4.69) is 24.0 Å². The van der Waals surface area contributed by atoms with Gasteiger partial charge in [-0.05, 0) is 37.1 Å². The molecule has 0 saturated heterocycles. The average Bonchev–Trinajstić information content (AvgIpc) is 2.85. The number of rotatable bonds is 4. The first-order valence-corrected chi connectivity index (χ1v) is 7.76. The molecule has 1 heterocycles. The van der Waals surface area contributed by atoms with Crippen LogP contribution in [0, 0.1) is 13.8 Å². The molecular formula is C19H21N3O. The van der Waals surface area contributed by atoms with Gasteiger partial charge < -0.3 is 9.47 Å². The van der Waals surface area contributed by atoms with Crippen LogP contribution in [0.1, 0.15) is 17.0 Å². The zero-order valence-electron chi connectivity index (χ0n) is 13.8. The SMILES string of the molecule is Cc1ccccc1CN(C)C(=O)Cn1c(C)nc2ccccc21. The van der Waals surface area contributed by atoms with E-state index in [9.17, 15) is 4.79 Å². The summed E-state index contributed by atoms with van der Waals surface area (Å²) in [6.45, 7) is 4.95. The second-order valence-corrected chi connectivity index (χ2v) is 5.91. The van der Waals surface area contributed by atoms with Gasteiger partial charge in [0.05, 0.1) is 11.0 Å². The molecule has 0 aliphatic heterocycles. The van der Waals surface area contributed by atoms with Gasteiger partial charge in [0, 0.05) is 13.6 Å². The zero-order valence-corrected chi connectivity index (χ0v) is 13.8. The maximum atomic E-state index is 12.6. The second kappa shape index (κ2) is 6.24. The Balaban J connectivity index is 1.78. The molecule has 4 heteroatoms. The van der Waals surface area contributed by atoms with E-state index in [1.807, 2.05) is 54.9 Å². The highest BCUT2D eigenvalue weighted by atomic mass is 16.2. The average molecular weight is 307 g/mol. The Kier molecular flexibility index (Phi) is 4.15. The Hall–Kier alpha value is -2.62. The number of likely N-dealkylation sites (N-methyl/N-ethyl adjacent to an activating group) is 1. The molecule has 0 bridgehead atoms. The molecule has 3 rings (SSSR count). The van der Waals surface area contributed by atoms with Crippen molar-refractivity contribution in [3.05, 3.63) is 65.5 Å². The molecule has 0 spiro atoms. The third kappa shape index (κ3) is 3.11. The second-order valence-electron chi connectivity index (χ2n) is 5.91. The van der Waals surface area contributed by atoms with E-state index in [1.165, 1.54) is 11.1 Å². The van der Waals surface area contributed by atoms with Crippen LogP contribution in [0.25, 0.3) is 11.0 Å². The summed E-state index contributed by atoms with van der Waals surface area (Å²) in [5.74, 6) is 0.948. The fourth-order valence-electron chi connectivity index (χ4n) is 2.78. The molecule has 3 aromatic rings. The van der Waals surface area contributed by atoms with Gasteiger partial charge in [0.1, 0.15) is 12.4 Å². The molecule has 0 fully saturated rings. The molecule has 0 saturated carbocycles. The van der Waals surface area contributed by atoms with Gasteiger partial charge in [0.25, 0.3) is 0 Å². The van der Waals surface area contributed by atoms with Crippen LogP contribution >= 0.6 is 0 Å². The number of aryl methyl sites for hydroxylation is 2. The highest BCUT2D eigenvalue weighted by Crippen LogP contribution is 2.16. The first-order chi connectivity index (χ1) is 11.1. The fraction of sp³-hybridized carbons (Fsp3) is 0.263. The van der Waals surface area contributed by atoms with Crippen molar-refractivity contribution in [3.63, 3.8) is 0 Å². The first-order valence-electron chi connectivity index (χ1n) is 7.76. The van der Waals surface area contributed by atoms with Crippen LogP contribution in [0.2, 0.25) is 0 Å². The molecule has 2 aromatic carbocycles. The normalized spacial score (nSPS) is 10.9. The standard InChI is InChI=1S/C19H21N3O/c1-14-8-4-5-9-16(14)12-21(3)19(23)13-22-15(2)20-17-10-6-7-11-18(17)22/h4-11H,12-13H2,1-3H3. The number of nitrogens with zero attached hydrogens (tertiary/aromatic N) is 3. The van der Waals surface area contributed by atoms with Crippen molar-refractivity contribution in [2.75, 3.05) is 7.05 Å². The summed E-state index contributed by atoms with van der Waals surface area (Å²) in [4.78, 5) is 18.9. The van der Waals surface area contributed by atoms with Crippen LogP contribution in [0.3, 0.4) is 0 Å². The maximum absolute atomic E-state index is 12.6. The number of carbonyl (C=O) groups excluding carboxylic acids is 1. The highest BCUT2D eigenvalue weighted by molar-refractivity contribution is 5.81. The van der Waals surface area contributed by atoms with Crippen LogP contribution in [0.15, 0.2) is 48.5 Å². The number of para-hydroxylation sites is 2. The minimum atomic E-state index is 0.0829. The number of imidazole rings is 1. The number of carbonyl (C=O) groups is 1. The predicted octanol–water partition coefficient (Wildman–Crippen LogP) is 3.31. The Labute approximate surface area is 136 Å². The molecule has 0 radical (unpaired) electrons. The van der Waals surface area contributed by atoms with Gasteiger partial charge in [-0.1, -0.05) is 36.4 Å². The Morgan fingerprint density at radius 2 is 1.78 bits per heavy atom. The number of fused-ring (bicyclic) bond motifs is 1. The molecular weight excluding hydrogens is 286 g/mol. The Morgan fingerprint density at radius 3 is 2.57 bits per heavy atom. The maximum Gasteiger partial charge on any atom is 0.242 e. The van der Waals surface area contributed by atoms with Crippen molar-refractivity contribution in [3.8, 4) is 0 Å². The summed E-state index contributed by atoms with van der Waals surface area (Å²) < 4.78 is 1.98. The third-order valence-corrected chi connectivity index (χ3v) is 4.23. The smallest absolute Gasteiger partial charge is 0.242 e. The fourth-order valence-corrected chi connectivity index (χ4v) is 2.78. The summed E-state index contributed by atoms with van der Waals surface area (Å²) in [6, 6.07) is 16.1. The molecule has 0 aliphatic carbocycles. The molecule has 1 amide bonds. The lowest BCUT2D eigenvalue weighted by molar-refractivity contribution is -0.131. The topological polar surface area (TPSA) is 38.1 Å². The molecule has 0 atom stereocenters. The molecule has 1 aromatic heterocycles. The largest absolute Gasteiger partial charge is 0.340 e. The number of benzene rings is 2. The van der Waals surface area contributed by atoms with Crippen LogP contribution in [0.4, 0.5) is 0 Å². The first kappa shape index (κ1) is 15.3. The Bertz CT molecular complexity index is 851. The minimum Gasteiger partial charge on any atom is -0.340 e. The number of hydrogen-bond acceptors (Lipinski definition) is 2. The van der Waals surface area contributed by atoms with Gasteiger partial charge in [-0.15, -0.1) is 0 Å². The zero-order chi connectivity index (χ0) is 16.4. The summed E-state index contributed by atoms with van der Waals surface area (Å²) in [7, 11) is 1.85. The molecule has 4 nitrogen and oxygen atoms in total. The van der Waals surface area contributed by atoms with E-state index in [0.717, 1.165) is 16.9 Å². The monoisotopic (exact) mass is 307 g/mol. The summed E-state index contributed by atoms with van der Waals surface area (Å²) >= 11 is 0. The van der Waals surface area contributed by atoms with Crippen molar-refractivity contribution in [1.82, 2.24) is 14.5 Å². The lowest BCUT2D eigenvalue weighted by atomic mass is 10.1. The van der Waals surface area contributed by atoms with Crippen molar-refractivity contribution < 1.29 is 4.79 Å². The molecule has 0 unspecified atom stereocenters. The van der Waals surface area contributed by atoms with Crippen LogP contribution in [0.5, 0.6) is 0 Å². The van der Waals surface area contributed by atoms with Gasteiger partial charge in [-0.25, -0.2) is 4.98 Å². The van der Waals surface area contributed by atoms with Gasteiger partial charge in [0.2, 0.25) is 5.91 Å². The third-order valence-electron chi connectivity index (χ3n) is 4.23. The minimum absolute atomic E-state index is 0.0829. The van der Waals surface area contributed by atoms with Crippen molar-refractivity contribution >= 4 is 16.9 Å². The van der Waals surface area contributed by atoms with Gasteiger partial charge in [-0.2, -0.15) is 0 Å². The number of amides is 1. The van der Waals surface area contributed by atoms with Crippen molar-refractivity contribution in [2.24, 2.45) is 0 Å². The molecule has 0 aliphatic rings. The lowest BCUT2D eigenvalue weighted by Gasteiger charge is -2.19. The van der Waals surface area contributed by atoms with E-state index in [0.29, 0.717) is 13.1 Å². The van der Waals surface area contributed by atoms with Crippen LogP contribution in [-0.2, 0) is 17.9 Å². The van der Waals surface area contributed by atoms with E-state index < -0.39 is 0 Å². The van der Waals surface area contributed by atoms with Gasteiger partial charge in [0.15, 0.2) is 0 Å². The van der Waals surface area contributed by atoms with Crippen LogP contribution in [-0.4, -0.2) is 27.4 Å². The van der Waals surface area contributed by atoms with E-state index in [4.69, 9.17) is 0 Å². The predicted molar refractivity (Wildman–Crippen MR) is 92.1 cm³/mol. The van der Waals surface area contributed by atoms with Gasteiger partial charge in [-0.3, -0.25) is 4.79 Å². The molecule has 118 valence electrons. The summed E-state index contributed by atoms with van der Waals surface area (Å²) in [5, 5.41) is 0.